The predicted octanol–water partition coefficient (Wildman–Crippen LogP) is 4.39. The maximum absolute atomic E-state index is 5.95. The van der Waals surface area contributed by atoms with Crippen molar-refractivity contribution in [2.75, 3.05) is 13.2 Å². The zero-order chi connectivity index (χ0) is 13.7. The molecule has 0 spiro atoms. The van der Waals surface area contributed by atoms with Crippen LogP contribution in [0.1, 0.15) is 29.7 Å². The number of hydrogen-bond acceptors (Lipinski definition) is 3. The van der Waals surface area contributed by atoms with Crippen LogP contribution < -0.4 is 10.5 Å². The number of halogens is 1. The highest BCUT2D eigenvalue weighted by Crippen LogP contribution is 2.33. The van der Waals surface area contributed by atoms with Crippen LogP contribution in [0.4, 0.5) is 0 Å². The molecule has 0 fully saturated rings. The topological polar surface area (TPSA) is 35.2 Å². The Hall–Kier alpha value is -0.840. The summed E-state index contributed by atoms with van der Waals surface area (Å²) in [5, 5.41) is 0. The van der Waals surface area contributed by atoms with E-state index in [1.807, 2.05) is 12.1 Å². The van der Waals surface area contributed by atoms with Gasteiger partial charge < -0.3 is 10.5 Å². The Morgan fingerprint density at radius 1 is 1.32 bits per heavy atom. The Bertz CT molecular complexity index is 526. The summed E-state index contributed by atoms with van der Waals surface area (Å²) in [4.78, 5) is 1.28. The molecule has 4 heteroatoms. The van der Waals surface area contributed by atoms with Crippen LogP contribution in [0.15, 0.2) is 40.2 Å². The van der Waals surface area contributed by atoms with E-state index < -0.39 is 0 Å². The fourth-order valence-electron chi connectivity index (χ4n) is 1.97. The van der Waals surface area contributed by atoms with Gasteiger partial charge in [-0.1, -0.05) is 19.1 Å². The van der Waals surface area contributed by atoms with Crippen LogP contribution in [0.3, 0.4) is 0 Å². The third-order valence-electron chi connectivity index (χ3n) is 2.91. The minimum atomic E-state index is 0.237. The third-order valence-corrected chi connectivity index (χ3v) is 4.64. The molecule has 1 atom stereocenters. The van der Waals surface area contributed by atoms with Crippen LogP contribution in [-0.2, 0) is 0 Å². The first-order valence-electron chi connectivity index (χ1n) is 6.42. The number of hydrogen-bond donors (Lipinski definition) is 1. The standard InChI is InChI=1S/C15H18BrNOS/c1-2-8-18-12-5-3-4-11(9-12)13(10-17)14-6-7-15(16)19-14/h3-7,9,13H,2,8,10,17H2,1H3. The van der Waals surface area contributed by atoms with Gasteiger partial charge in [-0.25, -0.2) is 0 Å². The number of nitrogens with two attached hydrogens (primary N) is 1. The molecule has 2 rings (SSSR count). The summed E-state index contributed by atoms with van der Waals surface area (Å²) in [6.07, 6.45) is 1.02. The van der Waals surface area contributed by atoms with Crippen LogP contribution >= 0.6 is 27.3 Å². The fourth-order valence-corrected chi connectivity index (χ4v) is 3.54. The van der Waals surface area contributed by atoms with Crippen molar-refractivity contribution in [3.8, 4) is 5.75 Å². The van der Waals surface area contributed by atoms with Crippen LogP contribution in [0.5, 0.6) is 5.75 Å². The number of rotatable bonds is 6. The summed E-state index contributed by atoms with van der Waals surface area (Å²) in [5.41, 5.74) is 7.16. The Labute approximate surface area is 126 Å². The molecule has 0 bridgehead atoms. The smallest absolute Gasteiger partial charge is 0.119 e. The number of thiophene rings is 1. The quantitative estimate of drug-likeness (QED) is 0.846. The van der Waals surface area contributed by atoms with Crippen molar-refractivity contribution in [2.45, 2.75) is 19.3 Å². The molecule has 0 aliphatic heterocycles. The van der Waals surface area contributed by atoms with Crippen molar-refractivity contribution in [1.82, 2.24) is 0 Å². The van der Waals surface area contributed by atoms with Gasteiger partial charge in [0.1, 0.15) is 5.75 Å². The zero-order valence-electron chi connectivity index (χ0n) is 10.9. The average Bonchev–Trinajstić information content (AvgIpc) is 2.84. The van der Waals surface area contributed by atoms with Crippen molar-refractivity contribution < 1.29 is 4.74 Å². The minimum Gasteiger partial charge on any atom is -0.494 e. The highest BCUT2D eigenvalue weighted by Gasteiger charge is 2.15. The lowest BCUT2D eigenvalue weighted by atomic mass is 9.97. The fraction of sp³-hybridized carbons (Fsp3) is 0.333. The molecule has 0 radical (unpaired) electrons. The van der Waals surface area contributed by atoms with Crippen LogP contribution in [0.2, 0.25) is 0 Å². The van der Waals surface area contributed by atoms with Gasteiger partial charge in [-0.05, 0) is 52.2 Å². The lowest BCUT2D eigenvalue weighted by Crippen LogP contribution is -2.12. The normalized spacial score (nSPS) is 12.4. The van der Waals surface area contributed by atoms with Gasteiger partial charge in [0.15, 0.2) is 0 Å². The molecule has 0 saturated heterocycles. The van der Waals surface area contributed by atoms with E-state index in [9.17, 15) is 0 Å². The van der Waals surface area contributed by atoms with E-state index in [0.29, 0.717) is 6.54 Å². The molecule has 2 nitrogen and oxygen atoms in total. The molecule has 1 aromatic carbocycles. The summed E-state index contributed by atoms with van der Waals surface area (Å²) in [5.74, 6) is 1.16. The van der Waals surface area contributed by atoms with E-state index in [1.165, 1.54) is 10.4 Å². The first kappa shape index (κ1) is 14.6. The summed E-state index contributed by atoms with van der Waals surface area (Å²) in [6.45, 7) is 3.46. The lowest BCUT2D eigenvalue weighted by Gasteiger charge is -2.15. The summed E-state index contributed by atoms with van der Waals surface area (Å²) in [7, 11) is 0. The summed E-state index contributed by atoms with van der Waals surface area (Å²) >= 11 is 5.24. The van der Waals surface area contributed by atoms with Crippen LogP contribution in [0, 0.1) is 0 Å². The van der Waals surface area contributed by atoms with E-state index in [1.54, 1.807) is 11.3 Å². The van der Waals surface area contributed by atoms with Gasteiger partial charge in [0, 0.05) is 17.3 Å². The Morgan fingerprint density at radius 3 is 2.79 bits per heavy atom. The Balaban J connectivity index is 2.23. The van der Waals surface area contributed by atoms with E-state index in [-0.39, 0.29) is 5.92 Å². The highest BCUT2D eigenvalue weighted by molar-refractivity contribution is 9.11. The molecule has 0 aliphatic rings. The molecular formula is C15H18BrNOS. The summed E-state index contributed by atoms with van der Waals surface area (Å²) in [6, 6.07) is 12.4. The second kappa shape index (κ2) is 7.08. The van der Waals surface area contributed by atoms with Gasteiger partial charge in [-0.3, -0.25) is 0 Å². The monoisotopic (exact) mass is 339 g/mol. The molecular weight excluding hydrogens is 322 g/mol. The molecule has 2 N–H and O–H groups in total. The van der Waals surface area contributed by atoms with E-state index in [0.717, 1.165) is 22.6 Å². The molecule has 1 unspecified atom stereocenters. The van der Waals surface area contributed by atoms with Crippen molar-refractivity contribution in [1.29, 1.82) is 0 Å². The van der Waals surface area contributed by atoms with Crippen molar-refractivity contribution in [3.63, 3.8) is 0 Å². The highest BCUT2D eigenvalue weighted by atomic mass is 79.9. The minimum absolute atomic E-state index is 0.237. The van der Waals surface area contributed by atoms with E-state index in [4.69, 9.17) is 10.5 Å². The van der Waals surface area contributed by atoms with Gasteiger partial charge >= 0.3 is 0 Å². The Kier molecular flexibility index (Phi) is 5.43. The van der Waals surface area contributed by atoms with Crippen LogP contribution in [-0.4, -0.2) is 13.2 Å². The lowest BCUT2D eigenvalue weighted by molar-refractivity contribution is 0.317. The second-order valence-corrected chi connectivity index (χ2v) is 6.85. The number of benzene rings is 1. The van der Waals surface area contributed by atoms with Gasteiger partial charge in [-0.15, -0.1) is 11.3 Å². The zero-order valence-corrected chi connectivity index (χ0v) is 13.3. The van der Waals surface area contributed by atoms with Gasteiger partial charge in [0.25, 0.3) is 0 Å². The van der Waals surface area contributed by atoms with Crippen molar-refractivity contribution >= 4 is 27.3 Å². The molecule has 1 heterocycles. The molecule has 2 aromatic rings. The van der Waals surface area contributed by atoms with E-state index >= 15 is 0 Å². The van der Waals surface area contributed by atoms with Crippen molar-refractivity contribution in [2.24, 2.45) is 5.73 Å². The number of ether oxygens (including phenoxy) is 1. The largest absolute Gasteiger partial charge is 0.494 e. The van der Waals surface area contributed by atoms with Crippen LogP contribution in [0.25, 0.3) is 0 Å². The first-order chi connectivity index (χ1) is 9.24. The Morgan fingerprint density at radius 2 is 2.16 bits per heavy atom. The molecule has 0 aliphatic carbocycles. The van der Waals surface area contributed by atoms with Gasteiger partial charge in [0.05, 0.1) is 10.4 Å². The third kappa shape index (κ3) is 3.81. The van der Waals surface area contributed by atoms with Gasteiger partial charge in [-0.2, -0.15) is 0 Å². The predicted molar refractivity (Wildman–Crippen MR) is 85.1 cm³/mol. The maximum Gasteiger partial charge on any atom is 0.119 e. The molecule has 1 aromatic heterocycles. The van der Waals surface area contributed by atoms with Crippen molar-refractivity contribution in [3.05, 3.63) is 50.6 Å². The molecule has 0 saturated carbocycles. The van der Waals surface area contributed by atoms with E-state index in [2.05, 4.69) is 47.1 Å². The molecule has 0 amide bonds. The average molecular weight is 340 g/mol. The maximum atomic E-state index is 5.95. The van der Waals surface area contributed by atoms with Gasteiger partial charge in [0.2, 0.25) is 0 Å². The summed E-state index contributed by atoms with van der Waals surface area (Å²) < 4.78 is 6.82. The SMILES string of the molecule is CCCOc1cccc(C(CN)c2ccc(Br)s2)c1. The second-order valence-electron chi connectivity index (χ2n) is 4.35. The first-order valence-corrected chi connectivity index (χ1v) is 8.03. The molecule has 102 valence electrons. The molecule has 19 heavy (non-hydrogen) atoms.